The molecule has 0 aliphatic heterocycles. The molecule has 0 radical (unpaired) electrons. The van der Waals surface area contributed by atoms with E-state index in [2.05, 4.69) is 6.92 Å². The molecule has 0 unspecified atom stereocenters. The fourth-order valence-corrected chi connectivity index (χ4v) is 5.82. The highest BCUT2D eigenvalue weighted by Crippen LogP contribution is 2.43. The molecule has 1 aromatic rings. The number of unbranched alkanes of at least 4 members (excludes halogenated alkanes) is 2. The molecule has 3 heteroatoms. The SMILES string of the molecule is CCCCC[C@H]1CC[C@H]([C@H]2CC[C@H](CCCOc3ccc(C#N)cc3F)CC2)CC1. The summed E-state index contributed by atoms with van der Waals surface area (Å²) in [5.74, 6) is 3.64. The first-order valence-electron chi connectivity index (χ1n) is 12.5. The molecule has 0 aromatic heterocycles. The largest absolute Gasteiger partial charge is 0.491 e. The zero-order chi connectivity index (χ0) is 21.2. The number of ether oxygens (including phenoxy) is 1. The van der Waals surface area contributed by atoms with Crippen LogP contribution in [0.15, 0.2) is 18.2 Å². The number of nitrogens with zero attached hydrogens (tertiary/aromatic N) is 1. The van der Waals surface area contributed by atoms with Gasteiger partial charge in [-0.2, -0.15) is 5.26 Å². The molecule has 0 spiro atoms. The lowest BCUT2D eigenvalue weighted by atomic mass is 9.68. The number of halogens is 1. The first kappa shape index (κ1) is 23.1. The van der Waals surface area contributed by atoms with E-state index < -0.39 is 5.82 Å². The van der Waals surface area contributed by atoms with E-state index in [1.165, 1.54) is 89.5 Å². The van der Waals surface area contributed by atoms with Crippen LogP contribution in [0, 0.1) is 40.8 Å². The van der Waals surface area contributed by atoms with Crippen molar-refractivity contribution >= 4 is 0 Å². The van der Waals surface area contributed by atoms with Crippen molar-refractivity contribution in [2.24, 2.45) is 23.7 Å². The first-order valence-corrected chi connectivity index (χ1v) is 12.5. The third kappa shape index (κ3) is 7.00. The van der Waals surface area contributed by atoms with Gasteiger partial charge in [-0.15, -0.1) is 0 Å². The molecule has 3 rings (SSSR count). The highest BCUT2D eigenvalue weighted by atomic mass is 19.1. The van der Waals surface area contributed by atoms with Crippen molar-refractivity contribution in [3.63, 3.8) is 0 Å². The number of hydrogen-bond donors (Lipinski definition) is 0. The molecule has 2 aliphatic rings. The molecule has 2 aliphatic carbocycles. The third-order valence-corrected chi connectivity index (χ3v) is 7.74. The van der Waals surface area contributed by atoms with Gasteiger partial charge in [0.15, 0.2) is 11.6 Å². The summed E-state index contributed by atoms with van der Waals surface area (Å²) in [5.41, 5.74) is 0.335. The van der Waals surface area contributed by atoms with Gasteiger partial charge in [-0.3, -0.25) is 0 Å². The van der Waals surface area contributed by atoms with Crippen LogP contribution in [0.2, 0.25) is 0 Å². The molecule has 2 nitrogen and oxygen atoms in total. The Balaban J connectivity index is 1.28. The lowest BCUT2D eigenvalue weighted by molar-refractivity contribution is 0.137. The fraction of sp³-hybridized carbons (Fsp3) is 0.741. The van der Waals surface area contributed by atoms with Gasteiger partial charge in [0.05, 0.1) is 18.2 Å². The summed E-state index contributed by atoms with van der Waals surface area (Å²) in [6.07, 6.45) is 19.4. The van der Waals surface area contributed by atoms with Gasteiger partial charge in [0, 0.05) is 0 Å². The Bertz CT molecular complexity index is 666. The Morgan fingerprint density at radius 2 is 1.50 bits per heavy atom. The Morgan fingerprint density at radius 1 is 0.900 bits per heavy atom. The zero-order valence-corrected chi connectivity index (χ0v) is 18.9. The van der Waals surface area contributed by atoms with Crippen molar-refractivity contribution in [3.05, 3.63) is 29.6 Å². The van der Waals surface area contributed by atoms with Crippen LogP contribution >= 0.6 is 0 Å². The van der Waals surface area contributed by atoms with Crippen LogP contribution < -0.4 is 4.74 Å². The Labute approximate surface area is 183 Å². The molecule has 0 saturated heterocycles. The standard InChI is InChI=1S/C27H40FNO/c1-2-3-4-6-21-8-13-24(14-9-21)25-15-10-22(11-16-25)7-5-18-30-27-17-12-23(20-29)19-26(27)28/h12,17,19,21-22,24-25H,2-11,13-16,18H2,1H3/t21-,22-,24-,25-. The van der Waals surface area contributed by atoms with Gasteiger partial charge in [-0.05, 0) is 80.4 Å². The quantitative estimate of drug-likeness (QED) is 0.363. The highest BCUT2D eigenvalue weighted by molar-refractivity contribution is 5.35. The van der Waals surface area contributed by atoms with E-state index in [9.17, 15) is 4.39 Å². The molecule has 30 heavy (non-hydrogen) atoms. The summed E-state index contributed by atoms with van der Waals surface area (Å²) in [6, 6.07) is 6.37. The number of benzene rings is 1. The topological polar surface area (TPSA) is 33.0 Å². The third-order valence-electron chi connectivity index (χ3n) is 7.74. The predicted molar refractivity (Wildman–Crippen MR) is 121 cm³/mol. The lowest BCUT2D eigenvalue weighted by Gasteiger charge is -2.38. The second-order valence-electron chi connectivity index (χ2n) is 9.81. The Hall–Kier alpha value is -1.56. The van der Waals surface area contributed by atoms with Crippen molar-refractivity contribution in [1.82, 2.24) is 0 Å². The monoisotopic (exact) mass is 413 g/mol. The Kier molecular flexibility index (Phi) is 9.50. The second kappa shape index (κ2) is 12.3. The van der Waals surface area contributed by atoms with Gasteiger partial charge in [0.25, 0.3) is 0 Å². The van der Waals surface area contributed by atoms with Crippen LogP contribution in [-0.4, -0.2) is 6.61 Å². The summed E-state index contributed by atoms with van der Waals surface area (Å²) in [6.45, 7) is 2.86. The minimum atomic E-state index is -0.436. The van der Waals surface area contributed by atoms with Crippen molar-refractivity contribution < 1.29 is 9.13 Å². The van der Waals surface area contributed by atoms with Crippen molar-refractivity contribution in [1.29, 1.82) is 5.26 Å². The maximum Gasteiger partial charge on any atom is 0.166 e. The van der Waals surface area contributed by atoms with Crippen LogP contribution in [0.25, 0.3) is 0 Å². The van der Waals surface area contributed by atoms with E-state index in [1.54, 1.807) is 12.1 Å². The van der Waals surface area contributed by atoms with E-state index in [0.717, 1.165) is 30.1 Å². The molecule has 0 N–H and O–H groups in total. The van der Waals surface area contributed by atoms with Crippen LogP contribution in [0.4, 0.5) is 4.39 Å². The number of hydrogen-bond acceptors (Lipinski definition) is 2. The molecular formula is C27H40FNO. The Morgan fingerprint density at radius 3 is 2.03 bits per heavy atom. The molecule has 2 fully saturated rings. The van der Waals surface area contributed by atoms with E-state index in [4.69, 9.17) is 10.00 Å². The molecule has 0 atom stereocenters. The van der Waals surface area contributed by atoms with Gasteiger partial charge < -0.3 is 4.74 Å². The second-order valence-corrected chi connectivity index (χ2v) is 9.81. The van der Waals surface area contributed by atoms with Crippen LogP contribution in [0.3, 0.4) is 0 Å². The molecule has 166 valence electrons. The van der Waals surface area contributed by atoms with Gasteiger partial charge >= 0.3 is 0 Å². The first-order chi connectivity index (χ1) is 14.7. The minimum Gasteiger partial charge on any atom is -0.491 e. The average molecular weight is 414 g/mol. The lowest BCUT2D eigenvalue weighted by Crippen LogP contribution is -2.26. The number of nitriles is 1. The maximum atomic E-state index is 13.9. The molecule has 1 aromatic carbocycles. The smallest absolute Gasteiger partial charge is 0.166 e. The normalized spacial score (nSPS) is 26.8. The van der Waals surface area contributed by atoms with Gasteiger partial charge in [0.1, 0.15) is 0 Å². The highest BCUT2D eigenvalue weighted by Gasteiger charge is 2.30. The van der Waals surface area contributed by atoms with E-state index >= 15 is 0 Å². The molecule has 2 saturated carbocycles. The average Bonchev–Trinajstić information content (AvgIpc) is 2.78. The van der Waals surface area contributed by atoms with E-state index in [1.807, 2.05) is 6.07 Å². The predicted octanol–water partition coefficient (Wildman–Crippen LogP) is 8.05. The van der Waals surface area contributed by atoms with E-state index in [-0.39, 0.29) is 5.75 Å². The van der Waals surface area contributed by atoms with Gasteiger partial charge in [0.2, 0.25) is 0 Å². The van der Waals surface area contributed by atoms with Crippen molar-refractivity contribution in [3.8, 4) is 11.8 Å². The number of rotatable bonds is 10. The summed E-state index contributed by atoms with van der Waals surface area (Å²) < 4.78 is 19.5. The summed E-state index contributed by atoms with van der Waals surface area (Å²) in [7, 11) is 0. The fourth-order valence-electron chi connectivity index (χ4n) is 5.82. The summed E-state index contributed by atoms with van der Waals surface area (Å²) in [5, 5.41) is 8.81. The van der Waals surface area contributed by atoms with Crippen LogP contribution in [-0.2, 0) is 0 Å². The van der Waals surface area contributed by atoms with Gasteiger partial charge in [-0.1, -0.05) is 58.3 Å². The minimum absolute atomic E-state index is 0.267. The summed E-state index contributed by atoms with van der Waals surface area (Å²) >= 11 is 0. The molecular weight excluding hydrogens is 373 g/mol. The van der Waals surface area contributed by atoms with Gasteiger partial charge in [-0.25, -0.2) is 4.39 Å². The van der Waals surface area contributed by atoms with Crippen molar-refractivity contribution in [2.75, 3.05) is 6.61 Å². The van der Waals surface area contributed by atoms with E-state index in [0.29, 0.717) is 12.2 Å². The molecule has 0 bridgehead atoms. The molecule has 0 amide bonds. The molecule has 0 heterocycles. The zero-order valence-electron chi connectivity index (χ0n) is 18.9. The maximum absolute atomic E-state index is 13.9. The van der Waals surface area contributed by atoms with Crippen LogP contribution in [0.1, 0.15) is 102 Å². The summed E-state index contributed by atoms with van der Waals surface area (Å²) in [4.78, 5) is 0. The van der Waals surface area contributed by atoms with Crippen molar-refractivity contribution in [2.45, 2.75) is 96.8 Å². The van der Waals surface area contributed by atoms with Crippen LogP contribution in [0.5, 0.6) is 5.75 Å².